The van der Waals surface area contributed by atoms with Gasteiger partial charge in [0.05, 0.1) is 21.3 Å². The average molecular weight is 489 g/mol. The van der Waals surface area contributed by atoms with Gasteiger partial charge in [0.25, 0.3) is 5.91 Å². The van der Waals surface area contributed by atoms with Gasteiger partial charge >= 0.3 is 0 Å². The Balaban J connectivity index is 1.49. The second-order valence-electron chi connectivity index (χ2n) is 7.10. The molecule has 0 radical (unpaired) electrons. The van der Waals surface area contributed by atoms with Crippen molar-refractivity contribution < 1.29 is 13.2 Å². The quantitative estimate of drug-likeness (QED) is 0.586. The molecule has 30 heavy (non-hydrogen) atoms. The van der Waals surface area contributed by atoms with Crippen molar-refractivity contribution in [1.82, 2.24) is 14.1 Å². The van der Waals surface area contributed by atoms with E-state index < -0.39 is 10.0 Å². The van der Waals surface area contributed by atoms with E-state index in [1.54, 1.807) is 53.3 Å². The number of benzene rings is 2. The molecule has 3 aromatic rings. The summed E-state index contributed by atoms with van der Waals surface area (Å²) in [7, 11) is -3.55. The molecular weight excluding hydrogens is 468 g/mol. The van der Waals surface area contributed by atoms with E-state index in [0.717, 1.165) is 29.4 Å². The van der Waals surface area contributed by atoms with E-state index in [1.807, 2.05) is 6.20 Å². The van der Waals surface area contributed by atoms with E-state index in [2.05, 4.69) is 26.3 Å². The van der Waals surface area contributed by atoms with Crippen molar-refractivity contribution in [3.8, 4) is 5.69 Å². The van der Waals surface area contributed by atoms with Gasteiger partial charge in [0.2, 0.25) is 10.0 Å². The van der Waals surface area contributed by atoms with Crippen molar-refractivity contribution in [1.29, 1.82) is 0 Å². The van der Waals surface area contributed by atoms with Gasteiger partial charge in [-0.05, 0) is 71.2 Å². The molecule has 0 saturated carbocycles. The number of carbonyl (C=O) groups is 1. The Kier molecular flexibility index (Phi) is 6.03. The van der Waals surface area contributed by atoms with Gasteiger partial charge < -0.3 is 5.32 Å². The highest BCUT2D eigenvalue weighted by molar-refractivity contribution is 9.10. The number of aromatic nitrogens is 2. The summed E-state index contributed by atoms with van der Waals surface area (Å²) in [4.78, 5) is 12.8. The minimum Gasteiger partial charge on any atom is -0.322 e. The molecule has 0 aliphatic carbocycles. The summed E-state index contributed by atoms with van der Waals surface area (Å²) in [5.74, 6) is -0.310. The van der Waals surface area contributed by atoms with Crippen LogP contribution in [-0.4, -0.2) is 41.5 Å². The molecule has 9 heteroatoms. The highest BCUT2D eigenvalue weighted by atomic mass is 79.9. The summed E-state index contributed by atoms with van der Waals surface area (Å²) in [6.45, 7) is 1.08. The van der Waals surface area contributed by atoms with Gasteiger partial charge in [0.15, 0.2) is 0 Å². The smallest absolute Gasteiger partial charge is 0.255 e. The summed E-state index contributed by atoms with van der Waals surface area (Å²) in [6.07, 6.45) is 6.32. The highest BCUT2D eigenvalue weighted by Crippen LogP contribution is 2.23. The molecule has 1 aromatic heterocycles. The molecule has 2 aromatic carbocycles. The van der Waals surface area contributed by atoms with Crippen molar-refractivity contribution in [3.63, 3.8) is 0 Å². The monoisotopic (exact) mass is 488 g/mol. The van der Waals surface area contributed by atoms with Crippen LogP contribution >= 0.6 is 15.9 Å². The normalized spacial score (nSPS) is 15.1. The van der Waals surface area contributed by atoms with Crippen LogP contribution in [0.4, 0.5) is 5.69 Å². The van der Waals surface area contributed by atoms with Crippen LogP contribution in [0.25, 0.3) is 5.69 Å². The van der Waals surface area contributed by atoms with Gasteiger partial charge in [0, 0.05) is 30.5 Å². The Bertz CT molecular complexity index is 1150. The van der Waals surface area contributed by atoms with Crippen LogP contribution in [0.15, 0.2) is 70.3 Å². The number of hydrogen-bond donors (Lipinski definition) is 1. The Morgan fingerprint density at radius 2 is 1.77 bits per heavy atom. The number of anilines is 1. The van der Waals surface area contributed by atoms with Crippen LogP contribution in [0.3, 0.4) is 0 Å². The number of piperidine rings is 1. The largest absolute Gasteiger partial charge is 0.322 e. The molecular formula is C21H21BrN4O3S. The van der Waals surface area contributed by atoms with Crippen molar-refractivity contribution in [2.24, 2.45) is 0 Å². The van der Waals surface area contributed by atoms with Crippen LogP contribution in [0.5, 0.6) is 0 Å². The molecule has 1 N–H and O–H groups in total. The molecule has 0 spiro atoms. The summed E-state index contributed by atoms with van der Waals surface area (Å²) >= 11 is 3.36. The standard InChI is InChI=1S/C21H21BrN4O3S/c22-17-14-23-26(15-17)19-9-7-16(8-10-19)21(27)24-18-5-4-6-20(13-18)30(28,29)25-11-2-1-3-12-25/h4-10,13-15H,1-3,11-12H2,(H,24,27). The van der Waals surface area contributed by atoms with Gasteiger partial charge in [-0.3, -0.25) is 4.79 Å². The number of nitrogens with one attached hydrogen (secondary N) is 1. The van der Waals surface area contributed by atoms with Crippen LogP contribution in [0, 0.1) is 0 Å². The van der Waals surface area contributed by atoms with E-state index in [1.165, 1.54) is 10.4 Å². The lowest BCUT2D eigenvalue weighted by atomic mass is 10.2. The minimum atomic E-state index is -3.55. The second kappa shape index (κ2) is 8.71. The van der Waals surface area contributed by atoms with E-state index in [-0.39, 0.29) is 10.8 Å². The first kappa shape index (κ1) is 20.8. The maximum atomic E-state index is 12.9. The van der Waals surface area contributed by atoms with E-state index in [4.69, 9.17) is 0 Å². The number of halogens is 1. The van der Waals surface area contributed by atoms with Crippen molar-refractivity contribution in [3.05, 3.63) is 71.0 Å². The summed E-state index contributed by atoms with van der Waals surface area (Å²) in [5, 5.41) is 6.99. The van der Waals surface area contributed by atoms with E-state index >= 15 is 0 Å². The minimum absolute atomic E-state index is 0.196. The third kappa shape index (κ3) is 4.48. The molecule has 4 rings (SSSR count). The maximum absolute atomic E-state index is 12.9. The fourth-order valence-electron chi connectivity index (χ4n) is 3.40. The molecule has 0 atom stereocenters. The molecule has 0 unspecified atom stereocenters. The SMILES string of the molecule is O=C(Nc1cccc(S(=O)(=O)N2CCCCC2)c1)c1ccc(-n2cc(Br)cn2)cc1. The maximum Gasteiger partial charge on any atom is 0.255 e. The average Bonchev–Trinajstić information content (AvgIpc) is 3.21. The predicted octanol–water partition coefficient (Wildman–Crippen LogP) is 4.06. The van der Waals surface area contributed by atoms with Crippen LogP contribution < -0.4 is 5.32 Å². The fraction of sp³-hybridized carbons (Fsp3) is 0.238. The van der Waals surface area contributed by atoms with Crippen molar-refractivity contribution in [2.45, 2.75) is 24.2 Å². The number of hydrogen-bond acceptors (Lipinski definition) is 4. The topological polar surface area (TPSA) is 84.3 Å². The zero-order valence-electron chi connectivity index (χ0n) is 16.2. The third-order valence-electron chi connectivity index (χ3n) is 4.99. The lowest BCUT2D eigenvalue weighted by molar-refractivity contribution is 0.102. The predicted molar refractivity (Wildman–Crippen MR) is 118 cm³/mol. The van der Waals surface area contributed by atoms with Crippen LogP contribution in [-0.2, 0) is 10.0 Å². The van der Waals surface area contributed by atoms with Gasteiger partial charge in [-0.15, -0.1) is 0 Å². The Morgan fingerprint density at radius 1 is 1.03 bits per heavy atom. The van der Waals surface area contributed by atoms with Gasteiger partial charge in [-0.1, -0.05) is 12.5 Å². The van der Waals surface area contributed by atoms with Gasteiger partial charge in [-0.2, -0.15) is 9.40 Å². The molecule has 7 nitrogen and oxygen atoms in total. The molecule has 1 aliphatic heterocycles. The second-order valence-corrected chi connectivity index (χ2v) is 9.95. The molecule has 1 aliphatic rings. The molecule has 156 valence electrons. The Morgan fingerprint density at radius 3 is 2.43 bits per heavy atom. The summed E-state index contributed by atoms with van der Waals surface area (Å²) < 4.78 is 29.8. The molecule has 0 bridgehead atoms. The third-order valence-corrected chi connectivity index (χ3v) is 7.29. The van der Waals surface area contributed by atoms with E-state index in [9.17, 15) is 13.2 Å². The number of rotatable bonds is 5. The molecule has 2 heterocycles. The van der Waals surface area contributed by atoms with Crippen molar-refractivity contribution in [2.75, 3.05) is 18.4 Å². The Labute approximate surface area is 183 Å². The lowest BCUT2D eigenvalue weighted by Gasteiger charge is -2.26. The van der Waals surface area contributed by atoms with Crippen LogP contribution in [0.1, 0.15) is 29.6 Å². The van der Waals surface area contributed by atoms with Crippen LogP contribution in [0.2, 0.25) is 0 Å². The highest BCUT2D eigenvalue weighted by Gasteiger charge is 2.26. The van der Waals surface area contributed by atoms with Crippen molar-refractivity contribution >= 4 is 37.5 Å². The van der Waals surface area contributed by atoms with E-state index in [0.29, 0.717) is 24.3 Å². The van der Waals surface area contributed by atoms with Gasteiger partial charge in [-0.25, -0.2) is 13.1 Å². The number of sulfonamides is 1. The zero-order chi connectivity index (χ0) is 21.1. The molecule has 1 saturated heterocycles. The zero-order valence-corrected chi connectivity index (χ0v) is 18.6. The summed E-state index contributed by atoms with van der Waals surface area (Å²) in [6, 6.07) is 13.4. The fourth-order valence-corrected chi connectivity index (χ4v) is 5.25. The molecule has 1 amide bonds. The first-order valence-electron chi connectivity index (χ1n) is 9.66. The lowest BCUT2D eigenvalue weighted by Crippen LogP contribution is -2.35. The molecule has 1 fully saturated rings. The Hall–Kier alpha value is -2.49. The first-order valence-corrected chi connectivity index (χ1v) is 11.9. The number of nitrogens with zero attached hydrogens (tertiary/aromatic N) is 3. The summed E-state index contributed by atoms with van der Waals surface area (Å²) in [5.41, 5.74) is 1.74. The number of amides is 1. The number of carbonyl (C=O) groups excluding carboxylic acids is 1. The van der Waals surface area contributed by atoms with Gasteiger partial charge in [0.1, 0.15) is 0 Å². The first-order chi connectivity index (χ1) is 14.4.